The molecule has 0 saturated carbocycles. The van der Waals surface area contributed by atoms with Gasteiger partial charge in [-0.05, 0) is 179 Å². The number of aryl methyl sites for hydroxylation is 5. The van der Waals surface area contributed by atoms with Gasteiger partial charge in [-0.1, -0.05) is 198 Å². The fraction of sp³-hybridized carbons (Fsp3) is 0.210. The Labute approximate surface area is 507 Å². The molecular weight excluding hydrogens is 1060 g/mol. The van der Waals surface area contributed by atoms with Gasteiger partial charge in [0.25, 0.3) is 0 Å². The van der Waals surface area contributed by atoms with Crippen molar-refractivity contribution in [3.05, 3.63) is 257 Å². The average molecular weight is 1130 g/mol. The smallest absolute Gasteiger partial charge is 0.0594 e. The molecule has 2 aromatic heterocycles. The summed E-state index contributed by atoms with van der Waals surface area (Å²) in [7, 11) is 3.26. The van der Waals surface area contributed by atoms with Crippen molar-refractivity contribution in [2.75, 3.05) is 9.80 Å². The second-order valence-electron chi connectivity index (χ2n) is 24.7. The lowest BCUT2D eigenvalue weighted by Crippen LogP contribution is -2.28. The zero-order chi connectivity index (χ0) is 57.6. The predicted molar refractivity (Wildman–Crippen MR) is 372 cm³/mol. The quantitative estimate of drug-likeness (QED) is 0.0797. The van der Waals surface area contributed by atoms with Gasteiger partial charge in [-0.15, -0.1) is 9.24 Å². The van der Waals surface area contributed by atoms with E-state index in [4.69, 9.17) is 0 Å². The molecule has 4 nitrogen and oxygen atoms in total. The third-order valence-electron chi connectivity index (χ3n) is 19.7. The first-order valence-electron chi connectivity index (χ1n) is 32.0. The number of para-hydroxylation sites is 4. The molecule has 14 aromatic rings. The lowest BCUT2D eigenvalue weighted by atomic mass is 9.84. The largest absolute Gasteiger partial charge is 0.333 e. The average Bonchev–Trinajstić information content (AvgIpc) is 0.777. The zero-order valence-electron chi connectivity index (χ0n) is 49.8. The number of benzene rings is 12. The molecule has 2 aliphatic rings. The molecule has 86 heavy (non-hydrogen) atoms. The van der Waals surface area contributed by atoms with Gasteiger partial charge in [0.05, 0.1) is 39.8 Å². The maximum absolute atomic E-state index is 3.26. The van der Waals surface area contributed by atoms with Gasteiger partial charge in [-0.3, -0.25) is 0 Å². The van der Waals surface area contributed by atoms with Gasteiger partial charge >= 0.3 is 0 Å². The van der Waals surface area contributed by atoms with E-state index >= 15 is 0 Å². The Balaban J connectivity index is 0.969. The summed E-state index contributed by atoms with van der Waals surface area (Å²) < 4.78 is 5.13. The van der Waals surface area contributed by atoms with E-state index in [0.717, 1.165) is 77.0 Å². The molecule has 16 rings (SSSR count). The fourth-order valence-corrected chi connectivity index (χ4v) is 16.5. The van der Waals surface area contributed by atoms with Gasteiger partial charge < -0.3 is 18.9 Å². The molecule has 0 radical (unpaired) electrons. The minimum absolute atomic E-state index is 0.123. The van der Waals surface area contributed by atoms with Crippen molar-refractivity contribution in [1.82, 2.24) is 9.13 Å². The van der Waals surface area contributed by atoms with Crippen LogP contribution in [0.25, 0.3) is 87.3 Å². The molecule has 0 aliphatic heterocycles. The molecule has 12 aromatic carbocycles. The molecular formula is C81H73N4P. The third kappa shape index (κ3) is 8.41. The van der Waals surface area contributed by atoms with Crippen LogP contribution in [-0.4, -0.2) is 9.13 Å². The molecule has 5 heteroatoms. The second-order valence-corrected chi connectivity index (χ2v) is 25.3. The van der Waals surface area contributed by atoms with Gasteiger partial charge in [0, 0.05) is 66.1 Å². The highest BCUT2D eigenvalue weighted by molar-refractivity contribution is 7.28. The van der Waals surface area contributed by atoms with Crippen molar-refractivity contribution < 1.29 is 0 Å². The molecule has 3 atom stereocenters. The number of hydrogen-bond acceptors (Lipinski definition) is 2. The van der Waals surface area contributed by atoms with Gasteiger partial charge in [-0.2, -0.15) is 0 Å². The number of aromatic nitrogens is 2. The van der Waals surface area contributed by atoms with Crippen molar-refractivity contribution in [3.8, 4) is 11.4 Å². The van der Waals surface area contributed by atoms with E-state index in [1.165, 1.54) is 154 Å². The van der Waals surface area contributed by atoms with Crippen LogP contribution in [-0.2, 0) is 32.1 Å². The molecule has 2 aliphatic carbocycles. The second kappa shape index (κ2) is 21.7. The van der Waals surface area contributed by atoms with Crippen LogP contribution in [0, 0.1) is 0 Å². The lowest BCUT2D eigenvalue weighted by Gasteiger charge is -2.39. The van der Waals surface area contributed by atoms with Gasteiger partial charge in [-0.25, -0.2) is 0 Å². The molecule has 0 spiro atoms. The summed E-state index contributed by atoms with van der Waals surface area (Å²) in [5.41, 5.74) is 22.5. The molecule has 0 saturated heterocycles. The van der Waals surface area contributed by atoms with E-state index in [2.05, 4.69) is 267 Å². The molecule has 3 unspecified atom stereocenters. The normalized spacial score (nSPS) is 15.2. The minimum atomic E-state index is 0.123. The Morgan fingerprint density at radius 2 is 0.779 bits per heavy atom. The van der Waals surface area contributed by atoms with Crippen molar-refractivity contribution in [2.24, 2.45) is 0 Å². The lowest BCUT2D eigenvalue weighted by molar-refractivity contribution is 0.559. The maximum atomic E-state index is 3.26. The summed E-state index contributed by atoms with van der Waals surface area (Å²) in [5.74, 6) is 0. The van der Waals surface area contributed by atoms with Crippen molar-refractivity contribution in [2.45, 2.75) is 110 Å². The Bertz CT molecular complexity index is 4940. The summed E-state index contributed by atoms with van der Waals surface area (Å²) in [6, 6.07) is 85.0. The maximum Gasteiger partial charge on any atom is 0.0594 e. The summed E-state index contributed by atoms with van der Waals surface area (Å²) >= 11 is 0. The number of anilines is 4. The van der Waals surface area contributed by atoms with Crippen LogP contribution >= 0.6 is 9.24 Å². The topological polar surface area (TPSA) is 16.3 Å². The molecule has 0 fully saturated rings. The monoisotopic (exact) mass is 1130 g/mol. The van der Waals surface area contributed by atoms with E-state index in [9.17, 15) is 0 Å². The van der Waals surface area contributed by atoms with Gasteiger partial charge in [0.1, 0.15) is 0 Å². The molecule has 2 heterocycles. The number of nitrogens with zero attached hydrogens (tertiary/aromatic N) is 4. The predicted octanol–water partition coefficient (Wildman–Crippen LogP) is 21.6. The van der Waals surface area contributed by atoms with E-state index in [1.54, 1.807) is 0 Å². The van der Waals surface area contributed by atoms with Crippen LogP contribution < -0.4 is 15.1 Å². The van der Waals surface area contributed by atoms with Gasteiger partial charge in [0.2, 0.25) is 0 Å². The molecule has 0 amide bonds. The summed E-state index contributed by atoms with van der Waals surface area (Å²) in [6.07, 6.45) is 12.9. The molecule has 0 bridgehead atoms. The van der Waals surface area contributed by atoms with Crippen molar-refractivity contribution in [3.63, 3.8) is 0 Å². The standard InChI is InChI=1S/C81H73N4P/c1-4-21-54-26-9-15-34-69(54)84-73-36-17-13-32-62(73)64-42-40-57(49-76(64)84)82(71-38-19-28-52-24-7-11-30-59(52)71)75-48-56(23-6-3)61-44-45-67-78(51-79(86)68-47-46-66(75)80(61)81(67)68)83(72-39-20-29-53-25-8-12-31-60(53)72)58-41-43-65-63-33-14-18-37-74(63)85(77(65)50-58)70-35-16-10-27-55(70)22-5-2/h7-18,24-27,30-37,40-51,71-72H,4-6,19-23,28-29,38-39,86H2,1-3H3. The van der Waals surface area contributed by atoms with Crippen LogP contribution in [0.2, 0.25) is 0 Å². The van der Waals surface area contributed by atoms with E-state index < -0.39 is 0 Å². The van der Waals surface area contributed by atoms with E-state index in [1.807, 2.05) is 0 Å². The van der Waals surface area contributed by atoms with Gasteiger partial charge in [0.15, 0.2) is 0 Å². The van der Waals surface area contributed by atoms with Crippen LogP contribution in [0.3, 0.4) is 0 Å². The minimum Gasteiger partial charge on any atom is -0.333 e. The zero-order valence-corrected chi connectivity index (χ0v) is 50.9. The highest BCUT2D eigenvalue weighted by Gasteiger charge is 2.34. The van der Waals surface area contributed by atoms with Crippen LogP contribution in [0.4, 0.5) is 22.7 Å². The number of rotatable bonds is 14. The first-order chi connectivity index (χ1) is 42.5. The Morgan fingerprint density at radius 1 is 0.372 bits per heavy atom. The number of hydrogen-bond donors (Lipinski definition) is 0. The Hall–Kier alpha value is -8.69. The van der Waals surface area contributed by atoms with E-state index in [-0.39, 0.29) is 12.1 Å². The third-order valence-corrected chi connectivity index (χ3v) is 20.2. The first-order valence-corrected chi connectivity index (χ1v) is 32.6. The van der Waals surface area contributed by atoms with Crippen LogP contribution in [0.1, 0.15) is 117 Å². The fourth-order valence-electron chi connectivity index (χ4n) is 16.1. The summed E-state index contributed by atoms with van der Waals surface area (Å²) in [6.45, 7) is 6.95. The molecule has 0 N–H and O–H groups in total. The van der Waals surface area contributed by atoms with Crippen LogP contribution in [0.15, 0.2) is 218 Å². The Kier molecular flexibility index (Phi) is 13.3. The van der Waals surface area contributed by atoms with Crippen molar-refractivity contribution >= 4 is 113 Å². The molecule has 422 valence electrons. The van der Waals surface area contributed by atoms with Crippen LogP contribution in [0.5, 0.6) is 0 Å². The highest BCUT2D eigenvalue weighted by atomic mass is 31.0. The summed E-state index contributed by atoms with van der Waals surface area (Å²) in [4.78, 5) is 5.56. The van der Waals surface area contributed by atoms with E-state index in [0.29, 0.717) is 0 Å². The Morgan fingerprint density at radius 3 is 1.31 bits per heavy atom. The summed E-state index contributed by atoms with van der Waals surface area (Å²) in [5, 5.41) is 14.4. The first kappa shape index (κ1) is 52.8. The number of fused-ring (bicyclic) bond motifs is 8. The van der Waals surface area contributed by atoms with Crippen molar-refractivity contribution in [1.29, 1.82) is 0 Å². The highest BCUT2D eigenvalue weighted by Crippen LogP contribution is 2.53. The SMILES string of the molecule is CCCc1ccccc1-n1c2ccccc2c2ccc(N(c3cc(P)c4ccc5c(N(c6ccc7c8ccccc8n(-c8ccccc8CCC)c7c6)C6CCCc7ccccc76)cc(CCC)c6ccc3c4c65)C3CCCc4ccccc43)cc21.